The number of benzene rings is 1. The second kappa shape index (κ2) is 19.5. The maximum Gasteiger partial charge on any atom is 1.00 e. The van der Waals surface area contributed by atoms with Crippen LogP contribution in [-0.4, -0.2) is 34.1 Å². The summed E-state index contributed by atoms with van der Waals surface area (Å²) in [5.41, 5.74) is 0.752. The minimum absolute atomic E-state index is 0. The van der Waals surface area contributed by atoms with Gasteiger partial charge in [0.05, 0.1) is 6.21 Å². The molecule has 11 heteroatoms. The van der Waals surface area contributed by atoms with E-state index < -0.39 is 15.4 Å². The maximum atomic E-state index is 12.0. The fourth-order valence-electron chi connectivity index (χ4n) is 4.22. The zero-order valence-electron chi connectivity index (χ0n) is 22.3. The molecule has 0 aliphatic carbocycles. The third kappa shape index (κ3) is 13.9. The second-order valence-electron chi connectivity index (χ2n) is 9.36. The van der Waals surface area contributed by atoms with Crippen LogP contribution in [0.5, 0.6) is 0 Å². The van der Waals surface area contributed by atoms with Crippen LogP contribution in [0.3, 0.4) is 0 Å². The zero-order chi connectivity index (χ0) is 26.2. The molecule has 1 N–H and O–H groups in total. The van der Waals surface area contributed by atoms with E-state index >= 15 is 0 Å². The molecule has 1 unspecified atom stereocenters. The van der Waals surface area contributed by atoms with Crippen molar-refractivity contribution in [1.29, 1.82) is 0 Å². The molecule has 0 aliphatic rings. The predicted octanol–water partition coefficient (Wildman–Crippen LogP) is 4.94. The molecule has 0 bridgehead atoms. The van der Waals surface area contributed by atoms with Gasteiger partial charge in [-0.2, -0.15) is 14.9 Å². The van der Waals surface area contributed by atoms with Crippen LogP contribution in [0.15, 0.2) is 29.4 Å². The van der Waals surface area contributed by atoms with E-state index in [9.17, 15) is 13.0 Å². The summed E-state index contributed by atoms with van der Waals surface area (Å²) in [6, 6.07) is 6.98. The number of nitrogens with zero attached hydrogens (tertiary/aromatic N) is 3. The van der Waals surface area contributed by atoms with Crippen LogP contribution in [-0.2, 0) is 10.1 Å². The van der Waals surface area contributed by atoms with Gasteiger partial charge in [0.1, 0.15) is 15.4 Å². The Morgan fingerprint density at radius 2 is 1.46 bits per heavy atom. The molecule has 37 heavy (non-hydrogen) atoms. The largest absolute Gasteiger partial charge is 1.00 e. The van der Waals surface area contributed by atoms with Crippen LogP contribution >= 0.6 is 23.8 Å². The zero-order valence-corrected chi connectivity index (χ0v) is 26.7. The topological polar surface area (TPSA) is 103 Å². The Bertz CT molecular complexity index is 1070. The molecule has 7 nitrogen and oxygen atoms in total. The van der Waals surface area contributed by atoms with E-state index in [1.54, 1.807) is 24.3 Å². The minimum atomic E-state index is -4.62. The van der Waals surface area contributed by atoms with Gasteiger partial charge in [-0.25, -0.2) is 8.42 Å². The predicted molar refractivity (Wildman–Crippen MR) is 149 cm³/mol. The molecule has 0 saturated carbocycles. The van der Waals surface area contributed by atoms with E-state index in [0.29, 0.717) is 11.4 Å². The molecule has 1 aromatic carbocycles. The molecular formula is C26H40ClN4NaO3S2. The molecule has 1 aromatic heterocycles. The summed E-state index contributed by atoms with van der Waals surface area (Å²) in [5, 5.41) is 10.1. The van der Waals surface area contributed by atoms with Gasteiger partial charge in [0, 0.05) is 5.02 Å². The van der Waals surface area contributed by atoms with Crippen LogP contribution in [0.4, 0.5) is 0 Å². The summed E-state index contributed by atoms with van der Waals surface area (Å²) in [4.78, 5) is 0. The van der Waals surface area contributed by atoms with Gasteiger partial charge in [-0.3, -0.25) is 5.10 Å². The van der Waals surface area contributed by atoms with E-state index in [1.165, 1.54) is 75.1 Å². The number of halogens is 1. The number of hydrogen-bond donors (Lipinski definition) is 1. The Kier molecular flexibility index (Phi) is 18.2. The van der Waals surface area contributed by atoms with Crippen molar-refractivity contribution in [2.75, 3.05) is 0 Å². The second-order valence-corrected chi connectivity index (χ2v) is 11.7. The van der Waals surface area contributed by atoms with Gasteiger partial charge in [-0.1, -0.05) is 121 Å². The van der Waals surface area contributed by atoms with Gasteiger partial charge in [-0.05, 0) is 36.3 Å². The number of nitrogens with one attached hydrogen (secondary N) is 1. The van der Waals surface area contributed by atoms with E-state index in [2.05, 4.69) is 22.2 Å². The van der Waals surface area contributed by atoms with Crippen LogP contribution in [0, 0.1) is 4.77 Å². The van der Waals surface area contributed by atoms with Gasteiger partial charge < -0.3 is 4.55 Å². The van der Waals surface area contributed by atoms with Gasteiger partial charge in [0.25, 0.3) is 0 Å². The summed E-state index contributed by atoms with van der Waals surface area (Å²) < 4.78 is 37.5. The third-order valence-corrected chi connectivity index (χ3v) is 7.98. The molecule has 2 rings (SSSR count). The number of aromatic amines is 1. The SMILES string of the molecule is CCCCCCCCCCCCCCCCC(c1n[nH]c(=S)n1/N=C/c1ccc(Cl)cc1)S(=O)(=O)[O-].[Na+]. The van der Waals surface area contributed by atoms with Crippen molar-refractivity contribution in [1.82, 2.24) is 14.9 Å². The van der Waals surface area contributed by atoms with Crippen molar-refractivity contribution in [3.05, 3.63) is 45.4 Å². The number of hydrogen-bond acceptors (Lipinski definition) is 6. The third-order valence-electron chi connectivity index (χ3n) is 6.32. The summed E-state index contributed by atoms with van der Waals surface area (Å²) in [5.74, 6) is 0.0231. The molecule has 0 radical (unpaired) electrons. The van der Waals surface area contributed by atoms with Crippen LogP contribution in [0.2, 0.25) is 5.02 Å². The first-order valence-corrected chi connectivity index (χ1v) is 15.5. The van der Waals surface area contributed by atoms with Crippen LogP contribution < -0.4 is 29.6 Å². The number of aromatic nitrogens is 3. The van der Waals surface area contributed by atoms with E-state index in [0.717, 1.165) is 24.8 Å². The molecule has 0 fully saturated rings. The Labute approximate surface area is 254 Å². The molecule has 0 spiro atoms. The smallest absolute Gasteiger partial charge is 0.747 e. The Morgan fingerprint density at radius 3 is 1.95 bits per heavy atom. The monoisotopic (exact) mass is 578 g/mol. The van der Waals surface area contributed by atoms with E-state index in [1.807, 2.05) is 0 Å². The first kappa shape index (κ1) is 34.5. The fraction of sp³-hybridized carbons (Fsp3) is 0.654. The normalized spacial score (nSPS) is 12.6. The Hall–Kier alpha value is -0.550. The molecule has 0 amide bonds. The Balaban J connectivity index is 0.00000684. The van der Waals surface area contributed by atoms with Crippen molar-refractivity contribution in [3.63, 3.8) is 0 Å². The average Bonchev–Trinajstić information content (AvgIpc) is 3.20. The molecule has 1 atom stereocenters. The fourth-order valence-corrected chi connectivity index (χ4v) is 5.40. The van der Waals surface area contributed by atoms with Gasteiger partial charge in [0.2, 0.25) is 4.77 Å². The summed E-state index contributed by atoms with van der Waals surface area (Å²) in [6.45, 7) is 2.25. The number of rotatable bonds is 19. The number of H-pyrrole nitrogens is 1. The standard InChI is InChI=1S/C26H41ClN4O3S2.Na/c1-2-3-4-5-6-7-8-9-10-11-12-13-14-15-16-24(36(32,33)34)25-29-30-26(35)31(25)28-21-22-17-19-23(27)20-18-22;/h17-21,24H,2-16H2,1H3,(H,30,35)(H,32,33,34);/q;+1/p-1/b28-21+;. The first-order chi connectivity index (χ1) is 17.3. The van der Waals surface area contributed by atoms with Gasteiger partial charge >= 0.3 is 29.6 Å². The quantitative estimate of drug-likeness (QED) is 0.0836. The molecule has 2 aromatic rings. The molecule has 0 aliphatic heterocycles. The summed E-state index contributed by atoms with van der Waals surface area (Å²) in [7, 11) is -4.62. The van der Waals surface area contributed by atoms with Crippen LogP contribution in [0.1, 0.15) is 120 Å². The van der Waals surface area contributed by atoms with Crippen molar-refractivity contribution < 1.29 is 42.5 Å². The van der Waals surface area contributed by atoms with Crippen LogP contribution in [0.25, 0.3) is 0 Å². The summed E-state index contributed by atoms with van der Waals surface area (Å²) in [6.07, 6.45) is 18.6. The molecule has 202 valence electrons. The van der Waals surface area contributed by atoms with Gasteiger partial charge in [0.15, 0.2) is 5.82 Å². The minimum Gasteiger partial charge on any atom is -0.747 e. The molecular weight excluding hydrogens is 539 g/mol. The van der Waals surface area contributed by atoms with Crippen molar-refractivity contribution in [3.8, 4) is 0 Å². The number of unbranched alkanes of at least 4 members (excludes halogenated alkanes) is 13. The molecule has 0 saturated heterocycles. The van der Waals surface area contributed by atoms with E-state index in [4.69, 9.17) is 23.8 Å². The van der Waals surface area contributed by atoms with Crippen molar-refractivity contribution in [2.24, 2.45) is 5.10 Å². The van der Waals surface area contributed by atoms with E-state index in [-0.39, 0.29) is 46.6 Å². The Morgan fingerprint density at radius 1 is 0.973 bits per heavy atom. The van der Waals surface area contributed by atoms with Gasteiger partial charge in [-0.15, -0.1) is 0 Å². The average molecular weight is 579 g/mol. The van der Waals surface area contributed by atoms with Crippen molar-refractivity contribution >= 4 is 40.2 Å². The van der Waals surface area contributed by atoms with Crippen molar-refractivity contribution in [2.45, 2.75) is 108 Å². The molecule has 1 heterocycles. The maximum absolute atomic E-state index is 12.0. The summed E-state index contributed by atoms with van der Waals surface area (Å²) >= 11 is 11.1. The first-order valence-electron chi connectivity index (χ1n) is 13.2.